The Balaban J connectivity index is 1.70. The van der Waals surface area contributed by atoms with Crippen molar-refractivity contribution in [3.63, 3.8) is 0 Å². The molecule has 22 heavy (non-hydrogen) atoms. The number of amides is 2. The zero-order valence-corrected chi connectivity index (χ0v) is 13.1. The Kier molecular flexibility index (Phi) is 5.83. The van der Waals surface area contributed by atoms with Crippen molar-refractivity contribution in [2.24, 2.45) is 0 Å². The Morgan fingerprint density at radius 2 is 1.91 bits per heavy atom. The van der Waals surface area contributed by atoms with Crippen molar-refractivity contribution in [1.82, 2.24) is 5.32 Å². The van der Waals surface area contributed by atoms with Crippen LogP contribution in [0, 0.1) is 6.92 Å². The van der Waals surface area contributed by atoms with Gasteiger partial charge in [-0.3, -0.25) is 0 Å². The average molecular weight is 298 g/mol. The van der Waals surface area contributed by atoms with Crippen LogP contribution in [0.4, 0.5) is 10.5 Å². The molecule has 0 atom stereocenters. The van der Waals surface area contributed by atoms with E-state index in [9.17, 15) is 4.79 Å². The van der Waals surface area contributed by atoms with Crippen molar-refractivity contribution < 1.29 is 9.53 Å². The lowest BCUT2D eigenvalue weighted by Crippen LogP contribution is -2.29. The van der Waals surface area contributed by atoms with Crippen LogP contribution in [0.2, 0.25) is 0 Å². The van der Waals surface area contributed by atoms with Crippen LogP contribution in [0.1, 0.15) is 17.5 Å². The number of urea groups is 1. The van der Waals surface area contributed by atoms with Crippen LogP contribution >= 0.6 is 0 Å². The summed E-state index contributed by atoms with van der Waals surface area (Å²) in [7, 11) is 1.60. The van der Waals surface area contributed by atoms with Gasteiger partial charge in [0.25, 0.3) is 0 Å². The highest BCUT2D eigenvalue weighted by Crippen LogP contribution is 2.16. The molecular weight excluding hydrogens is 276 g/mol. The number of ether oxygens (including phenoxy) is 1. The largest absolute Gasteiger partial charge is 0.497 e. The molecule has 0 aliphatic heterocycles. The number of carbonyl (C=O) groups is 1. The molecule has 0 aliphatic rings. The van der Waals surface area contributed by atoms with Crippen LogP contribution < -0.4 is 15.4 Å². The third kappa shape index (κ3) is 5.13. The Labute approximate surface area is 131 Å². The van der Waals surface area contributed by atoms with E-state index in [2.05, 4.69) is 41.8 Å². The third-order valence-electron chi connectivity index (χ3n) is 3.38. The summed E-state index contributed by atoms with van der Waals surface area (Å²) in [5.41, 5.74) is 3.27. The van der Waals surface area contributed by atoms with Crippen molar-refractivity contribution in [2.45, 2.75) is 19.8 Å². The second kappa shape index (κ2) is 8.08. The number of hydrogen-bond acceptors (Lipinski definition) is 2. The highest BCUT2D eigenvalue weighted by atomic mass is 16.5. The maximum Gasteiger partial charge on any atom is 0.319 e. The van der Waals surface area contributed by atoms with Crippen molar-refractivity contribution in [2.75, 3.05) is 19.0 Å². The van der Waals surface area contributed by atoms with Crippen LogP contribution in [-0.4, -0.2) is 19.7 Å². The summed E-state index contributed by atoms with van der Waals surface area (Å²) in [6, 6.07) is 15.6. The molecule has 2 aromatic carbocycles. The number of carbonyl (C=O) groups excluding carboxylic acids is 1. The molecule has 2 amide bonds. The van der Waals surface area contributed by atoms with Crippen molar-refractivity contribution >= 4 is 11.7 Å². The fraction of sp³-hybridized carbons (Fsp3) is 0.278. The highest BCUT2D eigenvalue weighted by molar-refractivity contribution is 5.89. The minimum absolute atomic E-state index is 0.197. The van der Waals surface area contributed by atoms with E-state index in [1.165, 1.54) is 11.1 Å². The normalized spacial score (nSPS) is 10.1. The Morgan fingerprint density at radius 1 is 1.14 bits per heavy atom. The lowest BCUT2D eigenvalue weighted by Gasteiger charge is -2.09. The maximum absolute atomic E-state index is 11.8. The number of hydrogen-bond donors (Lipinski definition) is 2. The molecule has 0 unspecified atom stereocenters. The summed E-state index contributed by atoms with van der Waals surface area (Å²) >= 11 is 0. The van der Waals surface area contributed by atoms with E-state index in [1.807, 2.05) is 18.2 Å². The van der Waals surface area contributed by atoms with Gasteiger partial charge in [0.2, 0.25) is 0 Å². The molecule has 0 spiro atoms. The molecule has 116 valence electrons. The molecule has 0 fully saturated rings. The summed E-state index contributed by atoms with van der Waals surface area (Å²) in [6.07, 6.45) is 1.87. The molecule has 4 nitrogen and oxygen atoms in total. The second-order valence-corrected chi connectivity index (χ2v) is 5.20. The monoisotopic (exact) mass is 298 g/mol. The van der Waals surface area contributed by atoms with E-state index >= 15 is 0 Å². The molecule has 4 heteroatoms. The maximum atomic E-state index is 11.8. The molecule has 0 saturated heterocycles. The van der Waals surface area contributed by atoms with Gasteiger partial charge in [-0.1, -0.05) is 35.9 Å². The lowest BCUT2D eigenvalue weighted by molar-refractivity contribution is 0.252. The number of nitrogens with one attached hydrogen (secondary N) is 2. The van der Waals surface area contributed by atoms with Crippen LogP contribution in [0.5, 0.6) is 5.75 Å². The van der Waals surface area contributed by atoms with Gasteiger partial charge in [-0.25, -0.2) is 4.79 Å². The number of methoxy groups -OCH3 is 1. The molecule has 2 aromatic rings. The van der Waals surface area contributed by atoms with Crippen LogP contribution in [0.25, 0.3) is 0 Å². The van der Waals surface area contributed by atoms with E-state index < -0.39 is 0 Å². The summed E-state index contributed by atoms with van der Waals surface area (Å²) in [6.45, 7) is 2.72. The zero-order chi connectivity index (χ0) is 15.8. The quantitative estimate of drug-likeness (QED) is 0.798. The van der Waals surface area contributed by atoms with Crippen LogP contribution in [0.3, 0.4) is 0 Å². The summed E-state index contributed by atoms with van der Waals surface area (Å²) in [5, 5.41) is 5.65. The van der Waals surface area contributed by atoms with Crippen LogP contribution in [0.15, 0.2) is 48.5 Å². The van der Waals surface area contributed by atoms with E-state index in [0.717, 1.165) is 24.3 Å². The highest BCUT2D eigenvalue weighted by Gasteiger charge is 2.02. The second-order valence-electron chi connectivity index (χ2n) is 5.20. The summed E-state index contributed by atoms with van der Waals surface area (Å²) in [5.74, 6) is 0.720. The Hall–Kier alpha value is -2.49. The first kappa shape index (κ1) is 15.9. The number of rotatable bonds is 6. The minimum Gasteiger partial charge on any atom is -0.497 e. The molecule has 0 aromatic heterocycles. The van der Waals surface area contributed by atoms with Gasteiger partial charge >= 0.3 is 6.03 Å². The topological polar surface area (TPSA) is 50.4 Å². The lowest BCUT2D eigenvalue weighted by atomic mass is 10.1. The molecule has 0 bridgehead atoms. The van der Waals surface area contributed by atoms with E-state index in [0.29, 0.717) is 6.54 Å². The van der Waals surface area contributed by atoms with Gasteiger partial charge in [-0.2, -0.15) is 0 Å². The van der Waals surface area contributed by atoms with Gasteiger partial charge in [0.05, 0.1) is 7.11 Å². The molecule has 0 radical (unpaired) electrons. The smallest absolute Gasteiger partial charge is 0.319 e. The molecule has 0 heterocycles. The molecule has 0 saturated carbocycles. The van der Waals surface area contributed by atoms with Crippen molar-refractivity contribution in [1.29, 1.82) is 0 Å². The van der Waals surface area contributed by atoms with E-state index in [1.54, 1.807) is 13.2 Å². The van der Waals surface area contributed by atoms with Gasteiger partial charge in [0.15, 0.2) is 0 Å². The predicted molar refractivity (Wildman–Crippen MR) is 89.5 cm³/mol. The predicted octanol–water partition coefficient (Wildman–Crippen LogP) is 3.76. The summed E-state index contributed by atoms with van der Waals surface area (Å²) in [4.78, 5) is 11.8. The van der Waals surface area contributed by atoms with Gasteiger partial charge in [-0.15, -0.1) is 0 Å². The fourth-order valence-corrected chi connectivity index (χ4v) is 2.13. The average Bonchev–Trinajstić information content (AvgIpc) is 2.53. The van der Waals surface area contributed by atoms with Crippen molar-refractivity contribution in [3.8, 4) is 5.75 Å². The first-order valence-electron chi connectivity index (χ1n) is 7.42. The zero-order valence-electron chi connectivity index (χ0n) is 13.1. The summed E-state index contributed by atoms with van der Waals surface area (Å²) < 4.78 is 5.12. The molecule has 0 aliphatic carbocycles. The number of benzene rings is 2. The SMILES string of the molecule is COc1cccc(NC(=O)NCCCc2ccc(C)cc2)c1. The van der Waals surface area contributed by atoms with E-state index in [4.69, 9.17) is 4.74 Å². The Bertz CT molecular complexity index is 609. The van der Waals surface area contributed by atoms with Crippen LogP contribution in [-0.2, 0) is 6.42 Å². The van der Waals surface area contributed by atoms with Gasteiger partial charge in [0, 0.05) is 18.3 Å². The number of aryl methyl sites for hydroxylation is 2. The van der Waals surface area contributed by atoms with Gasteiger partial charge in [-0.05, 0) is 37.5 Å². The standard InChI is InChI=1S/C18H22N2O2/c1-14-8-10-15(11-9-14)5-4-12-19-18(21)20-16-6-3-7-17(13-16)22-2/h3,6-11,13H,4-5,12H2,1-2H3,(H2,19,20,21). The first-order chi connectivity index (χ1) is 10.7. The van der Waals surface area contributed by atoms with E-state index in [-0.39, 0.29) is 6.03 Å². The molecular formula is C18H22N2O2. The molecule has 2 N–H and O–H groups in total. The van der Waals surface area contributed by atoms with Crippen molar-refractivity contribution in [3.05, 3.63) is 59.7 Å². The van der Waals surface area contributed by atoms with Gasteiger partial charge in [0.1, 0.15) is 5.75 Å². The fourth-order valence-electron chi connectivity index (χ4n) is 2.13. The minimum atomic E-state index is -0.197. The third-order valence-corrected chi connectivity index (χ3v) is 3.38. The first-order valence-corrected chi connectivity index (χ1v) is 7.42. The molecule has 2 rings (SSSR count). The Morgan fingerprint density at radius 3 is 2.64 bits per heavy atom. The van der Waals surface area contributed by atoms with Gasteiger partial charge < -0.3 is 15.4 Å². The number of anilines is 1.